The Balaban J connectivity index is 2.93. The summed E-state index contributed by atoms with van der Waals surface area (Å²) in [7, 11) is 0. The van der Waals surface area contributed by atoms with Crippen LogP contribution in [0.2, 0.25) is 0 Å². The van der Waals surface area contributed by atoms with Crippen molar-refractivity contribution in [2.75, 3.05) is 0 Å². The fraction of sp³-hybridized carbons (Fsp3) is 0.143. The summed E-state index contributed by atoms with van der Waals surface area (Å²) in [5, 5.41) is 8.52. The number of amidine groups is 1. The van der Waals surface area contributed by atoms with Gasteiger partial charge in [-0.1, -0.05) is 12.2 Å². The van der Waals surface area contributed by atoms with Crippen LogP contribution in [0.15, 0.2) is 28.9 Å². The van der Waals surface area contributed by atoms with E-state index in [4.69, 9.17) is 10.8 Å². The summed E-state index contributed by atoms with van der Waals surface area (Å²) in [4.78, 5) is 14.1. The first-order chi connectivity index (χ1) is 5.20. The lowest BCUT2D eigenvalue weighted by Gasteiger charge is -1.93. The minimum atomic E-state index is -1.06. The SMILES string of the molecule is NC1=NC(C(=O)O)=CC=CC1. The van der Waals surface area contributed by atoms with Crippen LogP contribution in [-0.4, -0.2) is 16.9 Å². The standard InChI is InChI=1S/C7H8N2O2/c8-6-4-2-1-3-5(9-6)7(10)11/h1-3H,4H2,(H2,8,9)(H,10,11). The van der Waals surface area contributed by atoms with Crippen LogP contribution in [0.1, 0.15) is 6.42 Å². The van der Waals surface area contributed by atoms with E-state index in [9.17, 15) is 4.79 Å². The lowest BCUT2D eigenvalue weighted by atomic mass is 10.3. The van der Waals surface area contributed by atoms with Gasteiger partial charge in [-0.25, -0.2) is 9.79 Å². The number of hydrogen-bond donors (Lipinski definition) is 2. The summed E-state index contributed by atoms with van der Waals surface area (Å²) in [5.74, 6) is -0.730. The summed E-state index contributed by atoms with van der Waals surface area (Å²) >= 11 is 0. The van der Waals surface area contributed by atoms with Gasteiger partial charge in [0, 0.05) is 6.42 Å². The summed E-state index contributed by atoms with van der Waals surface area (Å²) in [5.41, 5.74) is 5.34. The predicted octanol–water partition coefficient (Wildman–Crippen LogP) is 0.272. The van der Waals surface area contributed by atoms with Crippen LogP contribution in [0, 0.1) is 0 Å². The van der Waals surface area contributed by atoms with Crippen molar-refractivity contribution in [2.24, 2.45) is 10.7 Å². The Morgan fingerprint density at radius 3 is 3.09 bits per heavy atom. The van der Waals surface area contributed by atoms with E-state index in [2.05, 4.69) is 4.99 Å². The van der Waals surface area contributed by atoms with Gasteiger partial charge in [0.2, 0.25) is 0 Å². The number of rotatable bonds is 1. The fourth-order valence-corrected chi connectivity index (χ4v) is 0.705. The molecule has 0 atom stereocenters. The Morgan fingerprint density at radius 2 is 2.45 bits per heavy atom. The molecule has 58 valence electrons. The van der Waals surface area contributed by atoms with Gasteiger partial charge in [0.25, 0.3) is 0 Å². The average molecular weight is 152 g/mol. The van der Waals surface area contributed by atoms with Crippen LogP contribution in [0.5, 0.6) is 0 Å². The second-order valence-corrected chi connectivity index (χ2v) is 2.09. The molecule has 0 amide bonds. The minimum Gasteiger partial charge on any atom is -0.477 e. The third-order valence-electron chi connectivity index (χ3n) is 1.20. The van der Waals surface area contributed by atoms with E-state index in [0.717, 1.165) is 0 Å². The molecule has 0 radical (unpaired) electrons. The van der Waals surface area contributed by atoms with Crippen LogP contribution in [-0.2, 0) is 4.79 Å². The summed E-state index contributed by atoms with van der Waals surface area (Å²) in [6, 6.07) is 0. The molecule has 0 saturated heterocycles. The number of nitrogens with two attached hydrogens (primary N) is 1. The zero-order chi connectivity index (χ0) is 8.27. The first kappa shape index (κ1) is 7.53. The molecule has 0 aromatic carbocycles. The highest BCUT2D eigenvalue weighted by Gasteiger charge is 2.06. The Labute approximate surface area is 63.7 Å². The maximum atomic E-state index is 10.4. The van der Waals surface area contributed by atoms with Crippen molar-refractivity contribution in [3.05, 3.63) is 23.9 Å². The zero-order valence-corrected chi connectivity index (χ0v) is 5.82. The highest BCUT2D eigenvalue weighted by Crippen LogP contribution is 2.03. The zero-order valence-electron chi connectivity index (χ0n) is 5.82. The van der Waals surface area contributed by atoms with Gasteiger partial charge in [-0.15, -0.1) is 0 Å². The van der Waals surface area contributed by atoms with E-state index >= 15 is 0 Å². The lowest BCUT2D eigenvalue weighted by molar-refractivity contribution is -0.132. The number of aliphatic carboxylic acids is 1. The quantitative estimate of drug-likeness (QED) is 0.566. The molecule has 4 nitrogen and oxygen atoms in total. The number of nitrogens with zero attached hydrogens (tertiary/aromatic N) is 1. The van der Waals surface area contributed by atoms with Crippen molar-refractivity contribution in [1.82, 2.24) is 0 Å². The molecule has 0 unspecified atom stereocenters. The second kappa shape index (κ2) is 3.01. The topological polar surface area (TPSA) is 75.7 Å². The molecule has 0 saturated carbocycles. The van der Waals surface area contributed by atoms with Crippen LogP contribution < -0.4 is 5.73 Å². The van der Waals surface area contributed by atoms with Gasteiger partial charge in [-0.05, 0) is 6.08 Å². The van der Waals surface area contributed by atoms with Crippen molar-refractivity contribution in [1.29, 1.82) is 0 Å². The molecule has 1 aliphatic heterocycles. The molecule has 0 aromatic heterocycles. The van der Waals surface area contributed by atoms with Crippen LogP contribution >= 0.6 is 0 Å². The van der Waals surface area contributed by atoms with Crippen molar-refractivity contribution in [3.63, 3.8) is 0 Å². The number of carboxylic acids is 1. The largest absolute Gasteiger partial charge is 0.477 e. The summed E-state index contributed by atoms with van der Waals surface area (Å²) in [6.07, 6.45) is 5.32. The molecule has 4 heteroatoms. The van der Waals surface area contributed by atoms with Crippen molar-refractivity contribution in [2.45, 2.75) is 6.42 Å². The number of carbonyl (C=O) groups is 1. The molecule has 0 spiro atoms. The molecule has 0 fully saturated rings. The van der Waals surface area contributed by atoms with E-state index in [0.29, 0.717) is 12.3 Å². The number of carboxylic acid groups (broad SMARTS) is 1. The van der Waals surface area contributed by atoms with Gasteiger partial charge in [0.15, 0.2) is 0 Å². The third-order valence-corrected chi connectivity index (χ3v) is 1.20. The number of allylic oxidation sites excluding steroid dienone is 2. The van der Waals surface area contributed by atoms with Crippen molar-refractivity contribution in [3.8, 4) is 0 Å². The van der Waals surface area contributed by atoms with Crippen LogP contribution in [0.3, 0.4) is 0 Å². The lowest BCUT2D eigenvalue weighted by Crippen LogP contribution is -2.11. The van der Waals surface area contributed by atoms with Crippen LogP contribution in [0.4, 0.5) is 0 Å². The normalized spacial score (nSPS) is 16.7. The maximum absolute atomic E-state index is 10.4. The Bertz CT molecular complexity index is 264. The van der Waals surface area contributed by atoms with Gasteiger partial charge < -0.3 is 10.8 Å². The molecule has 11 heavy (non-hydrogen) atoms. The first-order valence-electron chi connectivity index (χ1n) is 3.13. The predicted molar refractivity (Wildman–Crippen MR) is 41.1 cm³/mol. The molecular formula is C7H8N2O2. The monoisotopic (exact) mass is 152 g/mol. The highest BCUT2D eigenvalue weighted by atomic mass is 16.4. The Hall–Kier alpha value is -1.58. The molecule has 1 rings (SSSR count). The van der Waals surface area contributed by atoms with E-state index in [-0.39, 0.29) is 5.70 Å². The van der Waals surface area contributed by atoms with E-state index < -0.39 is 5.97 Å². The highest BCUT2D eigenvalue weighted by molar-refractivity contribution is 5.93. The molecular weight excluding hydrogens is 144 g/mol. The van der Waals surface area contributed by atoms with Gasteiger partial charge in [0.05, 0.1) is 0 Å². The molecule has 3 N–H and O–H groups in total. The fourth-order valence-electron chi connectivity index (χ4n) is 0.705. The van der Waals surface area contributed by atoms with Crippen molar-refractivity contribution >= 4 is 11.8 Å². The second-order valence-electron chi connectivity index (χ2n) is 2.09. The number of hydrogen-bond acceptors (Lipinski definition) is 3. The average Bonchev–Trinajstić information content (AvgIpc) is 2.13. The van der Waals surface area contributed by atoms with Crippen LogP contribution in [0.25, 0.3) is 0 Å². The van der Waals surface area contributed by atoms with Gasteiger partial charge in [-0.2, -0.15) is 0 Å². The third kappa shape index (κ3) is 1.93. The Morgan fingerprint density at radius 1 is 1.73 bits per heavy atom. The number of aliphatic imine (C=N–C) groups is 1. The van der Waals surface area contributed by atoms with Gasteiger partial charge in [0.1, 0.15) is 11.5 Å². The van der Waals surface area contributed by atoms with E-state index in [1.54, 1.807) is 12.2 Å². The molecule has 1 heterocycles. The van der Waals surface area contributed by atoms with Crippen molar-refractivity contribution < 1.29 is 9.90 Å². The molecule has 0 aliphatic carbocycles. The van der Waals surface area contributed by atoms with E-state index in [1.165, 1.54) is 6.08 Å². The smallest absolute Gasteiger partial charge is 0.354 e. The Kier molecular flexibility index (Phi) is 2.06. The van der Waals surface area contributed by atoms with Gasteiger partial charge in [-0.3, -0.25) is 0 Å². The maximum Gasteiger partial charge on any atom is 0.354 e. The summed E-state index contributed by atoms with van der Waals surface area (Å²) in [6.45, 7) is 0. The molecule has 0 aromatic rings. The first-order valence-corrected chi connectivity index (χ1v) is 3.13. The summed E-state index contributed by atoms with van der Waals surface area (Å²) < 4.78 is 0. The molecule has 1 aliphatic rings. The minimum absolute atomic E-state index is 0.0174. The van der Waals surface area contributed by atoms with Gasteiger partial charge >= 0.3 is 5.97 Å². The molecule has 0 bridgehead atoms. The van der Waals surface area contributed by atoms with E-state index in [1.807, 2.05) is 0 Å².